The van der Waals surface area contributed by atoms with Crippen LogP contribution in [0, 0.1) is 5.92 Å². The number of aromatic nitrogens is 1. The quantitative estimate of drug-likeness (QED) is 0.871. The van der Waals surface area contributed by atoms with Crippen molar-refractivity contribution in [3.63, 3.8) is 0 Å². The number of benzene rings is 1. The standard InChI is InChI=1S/C16H20N2S/c1-2-18-16(8-13-10-17-11-19-13)15-9-14(15)12-6-4-3-5-7-12/h3-7,10-11,14-16,18H,2,8-9H2,1H3. The fourth-order valence-electron chi connectivity index (χ4n) is 2.94. The van der Waals surface area contributed by atoms with Gasteiger partial charge in [-0.25, -0.2) is 0 Å². The summed E-state index contributed by atoms with van der Waals surface area (Å²) in [5.41, 5.74) is 3.43. The van der Waals surface area contributed by atoms with Gasteiger partial charge in [-0.2, -0.15) is 0 Å². The molecule has 2 aromatic rings. The SMILES string of the molecule is CCNC(Cc1cncs1)C1CC1c1ccccc1. The maximum atomic E-state index is 4.18. The van der Waals surface area contributed by atoms with Crippen molar-refractivity contribution in [3.8, 4) is 0 Å². The number of thiazole rings is 1. The minimum Gasteiger partial charge on any atom is -0.314 e. The van der Waals surface area contributed by atoms with Crippen LogP contribution in [-0.4, -0.2) is 17.6 Å². The fourth-order valence-corrected chi connectivity index (χ4v) is 3.59. The van der Waals surface area contributed by atoms with Crippen molar-refractivity contribution in [3.05, 3.63) is 52.5 Å². The number of likely N-dealkylation sites (N-methyl/N-ethyl adjacent to an activating group) is 1. The lowest BCUT2D eigenvalue weighted by molar-refractivity contribution is 0.467. The van der Waals surface area contributed by atoms with Crippen LogP contribution in [0.4, 0.5) is 0 Å². The summed E-state index contributed by atoms with van der Waals surface area (Å²) < 4.78 is 0. The molecule has 3 rings (SSSR count). The van der Waals surface area contributed by atoms with Gasteiger partial charge in [0.1, 0.15) is 0 Å². The highest BCUT2D eigenvalue weighted by Crippen LogP contribution is 2.50. The Balaban J connectivity index is 1.66. The van der Waals surface area contributed by atoms with Gasteiger partial charge in [-0.05, 0) is 36.8 Å². The first-order valence-corrected chi connectivity index (χ1v) is 7.92. The second-order valence-corrected chi connectivity index (χ2v) is 6.22. The molecule has 1 aromatic carbocycles. The van der Waals surface area contributed by atoms with Crippen molar-refractivity contribution in [2.24, 2.45) is 5.92 Å². The molecule has 2 nitrogen and oxygen atoms in total. The average molecular weight is 272 g/mol. The third kappa shape index (κ3) is 3.04. The Bertz CT molecular complexity index is 495. The van der Waals surface area contributed by atoms with Crippen LogP contribution in [0.15, 0.2) is 42.0 Å². The molecule has 3 atom stereocenters. The topological polar surface area (TPSA) is 24.9 Å². The van der Waals surface area contributed by atoms with E-state index in [0.29, 0.717) is 6.04 Å². The summed E-state index contributed by atoms with van der Waals surface area (Å²) in [6.45, 7) is 3.24. The lowest BCUT2D eigenvalue weighted by Gasteiger charge is -2.17. The Morgan fingerprint density at radius 2 is 2.21 bits per heavy atom. The third-order valence-electron chi connectivity index (χ3n) is 3.96. The molecule has 0 bridgehead atoms. The van der Waals surface area contributed by atoms with Gasteiger partial charge in [0.15, 0.2) is 0 Å². The van der Waals surface area contributed by atoms with Crippen LogP contribution in [0.3, 0.4) is 0 Å². The maximum Gasteiger partial charge on any atom is 0.0794 e. The van der Waals surface area contributed by atoms with Gasteiger partial charge >= 0.3 is 0 Å². The molecule has 0 amide bonds. The average Bonchev–Trinajstić information content (AvgIpc) is 3.09. The van der Waals surface area contributed by atoms with Gasteiger partial charge in [0.25, 0.3) is 0 Å². The molecule has 0 saturated heterocycles. The predicted molar refractivity (Wildman–Crippen MR) is 80.6 cm³/mol. The van der Waals surface area contributed by atoms with Crippen molar-refractivity contribution in [1.29, 1.82) is 0 Å². The van der Waals surface area contributed by atoms with E-state index in [2.05, 4.69) is 47.6 Å². The van der Waals surface area contributed by atoms with Crippen molar-refractivity contribution in [2.75, 3.05) is 6.54 Å². The highest BCUT2D eigenvalue weighted by Gasteiger charge is 2.43. The Hall–Kier alpha value is -1.19. The van der Waals surface area contributed by atoms with Crippen LogP contribution in [0.25, 0.3) is 0 Å². The number of nitrogens with one attached hydrogen (secondary N) is 1. The zero-order valence-electron chi connectivity index (χ0n) is 11.3. The summed E-state index contributed by atoms with van der Waals surface area (Å²) in [6.07, 6.45) is 4.45. The van der Waals surface area contributed by atoms with Gasteiger partial charge in [-0.15, -0.1) is 11.3 Å². The number of nitrogens with zero attached hydrogens (tertiary/aromatic N) is 1. The zero-order chi connectivity index (χ0) is 13.1. The Morgan fingerprint density at radius 3 is 2.89 bits per heavy atom. The van der Waals surface area contributed by atoms with Crippen LogP contribution in [0.5, 0.6) is 0 Å². The normalized spacial score (nSPS) is 23.2. The Labute approximate surface area is 118 Å². The van der Waals surface area contributed by atoms with Gasteiger partial charge in [0.2, 0.25) is 0 Å². The monoisotopic (exact) mass is 272 g/mol. The lowest BCUT2D eigenvalue weighted by atomic mass is 10.0. The first-order chi connectivity index (χ1) is 9.38. The summed E-state index contributed by atoms with van der Waals surface area (Å²) >= 11 is 1.77. The summed E-state index contributed by atoms with van der Waals surface area (Å²) in [6, 6.07) is 11.5. The molecule has 1 saturated carbocycles. The third-order valence-corrected chi connectivity index (χ3v) is 4.76. The summed E-state index contributed by atoms with van der Waals surface area (Å²) in [5, 5.41) is 3.66. The molecule has 1 fully saturated rings. The first-order valence-electron chi connectivity index (χ1n) is 7.04. The van der Waals surface area contributed by atoms with Crippen LogP contribution in [0.2, 0.25) is 0 Å². The van der Waals surface area contributed by atoms with E-state index in [4.69, 9.17) is 0 Å². The largest absolute Gasteiger partial charge is 0.314 e. The molecule has 1 N–H and O–H groups in total. The van der Waals surface area contributed by atoms with E-state index in [1.165, 1.54) is 16.9 Å². The Morgan fingerprint density at radius 1 is 1.37 bits per heavy atom. The number of hydrogen-bond acceptors (Lipinski definition) is 3. The molecule has 0 spiro atoms. The van der Waals surface area contributed by atoms with Crippen LogP contribution < -0.4 is 5.32 Å². The molecule has 0 radical (unpaired) electrons. The zero-order valence-corrected chi connectivity index (χ0v) is 12.1. The highest BCUT2D eigenvalue weighted by molar-refractivity contribution is 7.09. The van der Waals surface area contributed by atoms with Gasteiger partial charge in [-0.3, -0.25) is 4.98 Å². The summed E-state index contributed by atoms with van der Waals surface area (Å²) in [5.74, 6) is 1.53. The van der Waals surface area contributed by atoms with Crippen LogP contribution in [-0.2, 0) is 6.42 Å². The molecule has 100 valence electrons. The molecule has 0 aliphatic heterocycles. The van der Waals surface area contributed by atoms with E-state index < -0.39 is 0 Å². The minimum atomic E-state index is 0.593. The fraction of sp³-hybridized carbons (Fsp3) is 0.438. The molecule has 3 heteroatoms. The smallest absolute Gasteiger partial charge is 0.0794 e. The van der Waals surface area contributed by atoms with E-state index in [-0.39, 0.29) is 0 Å². The highest BCUT2D eigenvalue weighted by atomic mass is 32.1. The first kappa shape index (κ1) is 12.8. The van der Waals surface area contributed by atoms with E-state index in [9.17, 15) is 0 Å². The molecule has 1 aromatic heterocycles. The summed E-state index contributed by atoms with van der Waals surface area (Å²) in [7, 11) is 0. The van der Waals surface area contributed by atoms with Gasteiger partial charge in [0, 0.05) is 17.1 Å². The van der Waals surface area contributed by atoms with Gasteiger partial charge in [-0.1, -0.05) is 37.3 Å². The van der Waals surface area contributed by atoms with Crippen molar-refractivity contribution >= 4 is 11.3 Å². The van der Waals surface area contributed by atoms with E-state index in [1.807, 2.05) is 11.7 Å². The Kier molecular flexibility index (Phi) is 3.95. The molecule has 1 aliphatic rings. The van der Waals surface area contributed by atoms with Crippen molar-refractivity contribution < 1.29 is 0 Å². The van der Waals surface area contributed by atoms with Crippen molar-refractivity contribution in [1.82, 2.24) is 10.3 Å². The molecule has 1 heterocycles. The van der Waals surface area contributed by atoms with Crippen LogP contribution in [0.1, 0.15) is 29.7 Å². The van der Waals surface area contributed by atoms with E-state index >= 15 is 0 Å². The lowest BCUT2D eigenvalue weighted by Crippen LogP contribution is -2.33. The van der Waals surface area contributed by atoms with Crippen LogP contribution >= 0.6 is 11.3 Å². The maximum absolute atomic E-state index is 4.18. The molecule has 19 heavy (non-hydrogen) atoms. The molecule has 1 aliphatic carbocycles. The predicted octanol–water partition coefficient (Wildman–Crippen LogP) is 3.47. The van der Waals surface area contributed by atoms with Crippen molar-refractivity contribution in [2.45, 2.75) is 31.7 Å². The van der Waals surface area contributed by atoms with Gasteiger partial charge < -0.3 is 5.32 Å². The second-order valence-electron chi connectivity index (χ2n) is 5.25. The molecular weight excluding hydrogens is 252 g/mol. The second kappa shape index (κ2) is 5.85. The molecule has 3 unspecified atom stereocenters. The molecular formula is C16H20N2S. The van der Waals surface area contributed by atoms with E-state index in [1.54, 1.807) is 11.3 Å². The number of rotatable bonds is 6. The van der Waals surface area contributed by atoms with E-state index in [0.717, 1.165) is 24.8 Å². The summed E-state index contributed by atoms with van der Waals surface area (Å²) in [4.78, 5) is 5.58. The minimum absolute atomic E-state index is 0.593. The number of hydrogen-bond donors (Lipinski definition) is 1. The van der Waals surface area contributed by atoms with Gasteiger partial charge in [0.05, 0.1) is 5.51 Å².